The maximum Gasteiger partial charge on any atom is 0.425 e. The molecule has 0 unspecified atom stereocenters. The lowest BCUT2D eigenvalue weighted by Gasteiger charge is -2.25. The fourth-order valence-electron chi connectivity index (χ4n) is 9.57. The summed E-state index contributed by atoms with van der Waals surface area (Å²) in [5.74, 6) is -3.94. The summed E-state index contributed by atoms with van der Waals surface area (Å²) in [6.45, 7) is 19.8. The molecule has 8 aromatic rings. The van der Waals surface area contributed by atoms with Crippen molar-refractivity contribution in [1.29, 1.82) is 5.26 Å². The highest BCUT2D eigenvalue weighted by molar-refractivity contribution is 7.99. The molecule has 544 valence electrons. The first-order chi connectivity index (χ1) is 49.9. The number of Topliss-reactive ketones (excluding diaryl/α,β-unsaturated/α-hetero) is 2. The van der Waals surface area contributed by atoms with E-state index in [2.05, 4.69) is 51.9 Å². The van der Waals surface area contributed by atoms with Crippen LogP contribution in [-0.2, 0) is 54.8 Å². The third kappa shape index (κ3) is 21.3. The van der Waals surface area contributed by atoms with Gasteiger partial charge in [-0.3, -0.25) is 37.9 Å². The van der Waals surface area contributed by atoms with E-state index in [4.69, 9.17) is 49.4 Å². The number of carbonyl (C=O) groups excluding carboxylic acids is 6. The van der Waals surface area contributed by atoms with Gasteiger partial charge in [0.1, 0.15) is 44.4 Å². The second-order valence-corrected chi connectivity index (χ2v) is 27.4. The van der Waals surface area contributed by atoms with Crippen LogP contribution in [0.15, 0.2) is 155 Å². The monoisotopic (exact) mass is 1540 g/mol. The highest BCUT2D eigenvalue weighted by atomic mass is 32.2. The zero-order valence-corrected chi connectivity index (χ0v) is 61.2. The zero-order chi connectivity index (χ0) is 77.0. The first-order valence-corrected chi connectivity index (χ1v) is 36.7. The van der Waals surface area contributed by atoms with Gasteiger partial charge < -0.3 is 51.6 Å². The lowest BCUT2D eigenvalue weighted by Crippen LogP contribution is -2.22. The number of nitrogens with two attached hydrogens (primary N) is 1. The molecule has 0 aliphatic carbocycles. The maximum absolute atomic E-state index is 13.7. The Labute approximate surface area is 613 Å². The summed E-state index contributed by atoms with van der Waals surface area (Å²) >= 11 is 2.27. The van der Waals surface area contributed by atoms with Gasteiger partial charge >= 0.3 is 10.6 Å². The predicted octanol–water partition coefficient (Wildman–Crippen LogP) is 12.0. The maximum atomic E-state index is 13.7. The number of thiophene rings is 2. The van der Waals surface area contributed by atoms with E-state index in [1.807, 2.05) is 37.5 Å². The quantitative estimate of drug-likeness (QED) is 0.00380. The number of aromatic nitrogens is 3. The van der Waals surface area contributed by atoms with Gasteiger partial charge in [0.25, 0.3) is 32.1 Å². The van der Waals surface area contributed by atoms with Crippen molar-refractivity contribution >= 4 is 192 Å². The molecule has 34 nitrogen and oxygen atoms in total. The molecule has 105 heavy (non-hydrogen) atoms. The molecule has 3 aromatic heterocycles. The van der Waals surface area contributed by atoms with Crippen LogP contribution < -0.4 is 51.6 Å². The second kappa shape index (κ2) is 36.2. The molecule has 5 aromatic carbocycles. The normalized spacial score (nSPS) is 11.5. The van der Waals surface area contributed by atoms with E-state index in [1.165, 1.54) is 93.9 Å². The molecule has 0 saturated carbocycles. The van der Waals surface area contributed by atoms with Crippen LogP contribution in [0.3, 0.4) is 0 Å². The molecular weight excluding hydrogens is 1480 g/mol. The van der Waals surface area contributed by atoms with Gasteiger partial charge in [-0.25, -0.2) is 4.85 Å². The van der Waals surface area contributed by atoms with Gasteiger partial charge in [-0.2, -0.15) is 42.2 Å². The standard InChI is InChI=1S/C65H61N17O14S5.O3S/c1-10-81(11-2)52-29-47(49(31-54(52)95-8)77-79-61-46(33-66)57(101(92,93)94)56(99-61)28-45(36(6)85)60(88)70-39-19-14-17-37(23-39)58(67)86)72-63-74-64(76-65(75-63)98-41-21-16-22-43(25-41)100(89,90)91)73-48-30-53(82(12-3)13-4)55(96-9)32-50(48)78-80-62-51(68-7)27-42(97-62)26-44(35(5)84)59(87)71-40-20-15-18-38(24-40)69-34-83;1-4(2)3/h14-32,34H,10-13H2,1-6,8-9H3,(H2,67,86)(H,69,83)(H,70,88)(H,71,87)(H,89,90,91)(H,92,93,94)(H2,72,73,74,75,76);/b44-26+,45-28-,79-77?,80-78?;. The smallest absolute Gasteiger partial charge is 0.425 e. The van der Waals surface area contributed by atoms with Crippen LogP contribution in [0.2, 0.25) is 0 Å². The lowest BCUT2D eigenvalue weighted by atomic mass is 10.1. The third-order valence-electron chi connectivity index (χ3n) is 14.4. The van der Waals surface area contributed by atoms with Gasteiger partial charge in [-0.1, -0.05) is 18.2 Å². The number of rotatable bonds is 31. The highest BCUT2D eigenvalue weighted by Gasteiger charge is 2.30. The van der Waals surface area contributed by atoms with E-state index in [9.17, 15) is 60.0 Å². The number of ether oxygens (including phenoxy) is 2. The summed E-state index contributed by atoms with van der Waals surface area (Å²) in [7, 11) is -10.3. The van der Waals surface area contributed by atoms with Crippen molar-refractivity contribution in [3.8, 4) is 17.6 Å². The van der Waals surface area contributed by atoms with E-state index in [0.717, 1.165) is 36.1 Å². The van der Waals surface area contributed by atoms with Crippen molar-refractivity contribution < 1.29 is 76.8 Å². The Hall–Kier alpha value is -12.0. The predicted molar refractivity (Wildman–Crippen MR) is 393 cm³/mol. The number of hydrogen-bond donors (Lipinski definition) is 8. The number of benzene rings is 5. The number of ketones is 2. The minimum Gasteiger partial charge on any atom is -0.494 e. The Morgan fingerprint density at radius 1 is 0.686 bits per heavy atom. The van der Waals surface area contributed by atoms with Crippen molar-refractivity contribution in [2.45, 2.75) is 61.4 Å². The Kier molecular flexibility index (Phi) is 27.7. The first-order valence-electron chi connectivity index (χ1n) is 30.3. The number of primary amides is 1. The molecule has 0 bridgehead atoms. The lowest BCUT2D eigenvalue weighted by molar-refractivity contribution is -0.120. The van der Waals surface area contributed by atoms with Crippen LogP contribution in [0, 0.1) is 17.9 Å². The Bertz CT molecular complexity index is 5310. The molecule has 9 N–H and O–H groups in total. The molecular formula is C65H61N17O17S6. The van der Waals surface area contributed by atoms with Crippen molar-refractivity contribution in [1.82, 2.24) is 15.0 Å². The largest absolute Gasteiger partial charge is 0.494 e. The third-order valence-corrected chi connectivity index (χ3v) is 19.1. The summed E-state index contributed by atoms with van der Waals surface area (Å²) in [6.07, 6.45) is 2.63. The Balaban J connectivity index is 0.00000375. The Morgan fingerprint density at radius 3 is 1.67 bits per heavy atom. The fourth-order valence-corrected chi connectivity index (χ4v) is 14.0. The molecule has 40 heteroatoms. The van der Waals surface area contributed by atoms with E-state index in [1.54, 1.807) is 42.5 Å². The molecule has 0 spiro atoms. The molecule has 0 saturated heterocycles. The summed E-state index contributed by atoms with van der Waals surface area (Å²) < 4.78 is 109. The molecule has 4 amide bonds. The summed E-state index contributed by atoms with van der Waals surface area (Å²) in [5.41, 5.74) is 5.89. The average molecular weight is 1540 g/mol. The van der Waals surface area contributed by atoms with E-state index in [0.29, 0.717) is 71.6 Å². The number of nitrogens with zero attached hydrogens (tertiary/aromatic N) is 11. The second-order valence-electron chi connectivity index (χ2n) is 21.0. The number of nitriles is 1. The topological polar surface area (TPSA) is 490 Å². The minimum absolute atomic E-state index is 0.00966. The molecule has 0 fully saturated rings. The van der Waals surface area contributed by atoms with Crippen molar-refractivity contribution in [3.63, 3.8) is 0 Å². The van der Waals surface area contributed by atoms with Gasteiger partial charge in [0.05, 0.1) is 64.5 Å². The highest BCUT2D eigenvalue weighted by Crippen LogP contribution is 2.47. The van der Waals surface area contributed by atoms with E-state index < -0.39 is 90.9 Å². The minimum atomic E-state index is -5.33. The van der Waals surface area contributed by atoms with Gasteiger partial charge in [-0.05, 0) is 138 Å². The van der Waals surface area contributed by atoms with Crippen molar-refractivity contribution in [2.24, 2.45) is 26.2 Å². The molecule has 8 rings (SSSR count). The number of carbonyl (C=O) groups is 6. The average Bonchev–Trinajstić information content (AvgIpc) is 1.64. The molecule has 0 aliphatic rings. The van der Waals surface area contributed by atoms with Gasteiger partial charge in [0.2, 0.25) is 29.9 Å². The molecule has 0 radical (unpaired) electrons. The van der Waals surface area contributed by atoms with Gasteiger partial charge in [0, 0.05) is 70.7 Å². The van der Waals surface area contributed by atoms with Crippen LogP contribution in [0.5, 0.6) is 11.5 Å². The first kappa shape index (κ1) is 80.3. The summed E-state index contributed by atoms with van der Waals surface area (Å²) in [4.78, 5) is 96.6. The van der Waals surface area contributed by atoms with Crippen molar-refractivity contribution in [2.75, 3.05) is 76.8 Å². The number of amides is 4. The molecule has 0 aliphatic heterocycles. The number of methoxy groups -OCH3 is 2. The fraction of sp³-hybridized carbons (Fsp3) is 0.185. The van der Waals surface area contributed by atoms with Crippen LogP contribution >= 0.6 is 34.4 Å². The summed E-state index contributed by atoms with van der Waals surface area (Å²) in [5, 5.41) is 41.9. The van der Waals surface area contributed by atoms with Crippen LogP contribution in [0.1, 0.15) is 67.2 Å². The SMILES string of the molecule is O=S(=O)=O.[C-]#[N+]c1cc(/C=C(\C(C)=O)C(=O)Nc2cccc(NC=O)c2)sc1N=Nc1cc(OC)c(N(CC)CC)cc1Nc1nc(Nc2cc(N(CC)CC)c(OC)cc2N=Nc2sc(/C=C(/C(C)=O)C(=O)Nc3cccc(C(N)=O)c3)c(S(=O)(=O)O)c2C#N)nc(Sc2cccc(S(=O)(=O)O)c2)n1. The summed E-state index contributed by atoms with van der Waals surface area (Å²) in [6, 6.07) is 26.5. The number of azo groups is 2. The molecule has 3 heterocycles. The van der Waals surface area contributed by atoms with E-state index >= 15 is 0 Å². The number of nitrogens with one attached hydrogen (secondary N) is 5. The molecule has 0 atom stereocenters. The van der Waals surface area contributed by atoms with Crippen LogP contribution in [-0.4, -0.2) is 130 Å². The number of hydrogen-bond acceptors (Lipinski definition) is 30. The Morgan fingerprint density at radius 2 is 1.19 bits per heavy atom. The van der Waals surface area contributed by atoms with Gasteiger partial charge in [0.15, 0.2) is 21.7 Å². The van der Waals surface area contributed by atoms with Gasteiger partial charge in [-0.15, -0.1) is 50.6 Å². The number of anilines is 9. The van der Waals surface area contributed by atoms with Crippen LogP contribution in [0.25, 0.3) is 17.0 Å². The van der Waals surface area contributed by atoms with Crippen molar-refractivity contribution in [3.05, 3.63) is 147 Å². The van der Waals surface area contributed by atoms with E-state index in [-0.39, 0.29) is 83.6 Å². The zero-order valence-electron chi connectivity index (χ0n) is 56.3. The van der Waals surface area contributed by atoms with Crippen LogP contribution in [0.4, 0.5) is 78.8 Å².